The van der Waals surface area contributed by atoms with Crippen LogP contribution < -0.4 is 5.32 Å². The summed E-state index contributed by atoms with van der Waals surface area (Å²) >= 11 is 0. The lowest BCUT2D eigenvalue weighted by molar-refractivity contribution is -0.121. The molecule has 1 fully saturated rings. The summed E-state index contributed by atoms with van der Waals surface area (Å²) < 4.78 is 0. The summed E-state index contributed by atoms with van der Waals surface area (Å²) in [6.07, 6.45) is 8.60. The predicted molar refractivity (Wildman–Crippen MR) is 69.7 cm³/mol. The van der Waals surface area contributed by atoms with Crippen LogP contribution >= 0.6 is 0 Å². The van der Waals surface area contributed by atoms with E-state index in [4.69, 9.17) is 5.11 Å². The molecule has 3 nitrogen and oxygen atoms in total. The second-order valence-corrected chi connectivity index (χ2v) is 5.45. The lowest BCUT2D eigenvalue weighted by atomic mass is 9.81. The molecule has 0 radical (unpaired) electrons. The third-order valence-corrected chi connectivity index (χ3v) is 3.82. The highest BCUT2D eigenvalue weighted by Crippen LogP contribution is 2.29. The predicted octanol–water partition coefficient (Wildman–Crippen LogP) is 2.48. The van der Waals surface area contributed by atoms with E-state index in [-0.39, 0.29) is 12.5 Å². The molecule has 0 bridgehead atoms. The fraction of sp³-hybridized carbons (Fsp3) is 0.929. The maximum absolute atomic E-state index is 11.4. The molecule has 0 heterocycles. The molecular formula is C14H27NO2. The number of carbonyl (C=O) groups excluding carboxylic acids is 1. The highest BCUT2D eigenvalue weighted by atomic mass is 16.2. The molecule has 0 aromatic carbocycles. The van der Waals surface area contributed by atoms with Crippen LogP contribution in [0.4, 0.5) is 0 Å². The molecule has 0 atom stereocenters. The Bertz CT molecular complexity index is 210. The van der Waals surface area contributed by atoms with E-state index in [1.807, 2.05) is 0 Å². The monoisotopic (exact) mass is 241 g/mol. The van der Waals surface area contributed by atoms with Crippen LogP contribution in [-0.2, 0) is 4.79 Å². The van der Waals surface area contributed by atoms with Crippen molar-refractivity contribution >= 4 is 5.91 Å². The van der Waals surface area contributed by atoms with Crippen molar-refractivity contribution in [3.63, 3.8) is 0 Å². The molecule has 100 valence electrons. The van der Waals surface area contributed by atoms with Gasteiger partial charge in [0, 0.05) is 19.6 Å². The molecule has 1 rings (SSSR count). The smallest absolute Gasteiger partial charge is 0.219 e. The second kappa shape index (κ2) is 8.51. The largest absolute Gasteiger partial charge is 0.396 e. The summed E-state index contributed by atoms with van der Waals surface area (Å²) in [6.45, 7) is 3.35. The van der Waals surface area contributed by atoms with E-state index in [1.54, 1.807) is 0 Å². The quantitative estimate of drug-likeness (QED) is 0.673. The van der Waals surface area contributed by atoms with E-state index in [0.717, 1.165) is 37.6 Å². The van der Waals surface area contributed by atoms with Gasteiger partial charge in [-0.2, -0.15) is 0 Å². The van der Waals surface area contributed by atoms with Crippen LogP contribution in [0.15, 0.2) is 0 Å². The minimum absolute atomic E-state index is 0.141. The van der Waals surface area contributed by atoms with Crippen LogP contribution in [0.3, 0.4) is 0 Å². The molecule has 1 saturated carbocycles. The number of hydrogen-bond acceptors (Lipinski definition) is 2. The zero-order chi connectivity index (χ0) is 12.5. The van der Waals surface area contributed by atoms with Crippen molar-refractivity contribution in [3.05, 3.63) is 0 Å². The third-order valence-electron chi connectivity index (χ3n) is 3.82. The fourth-order valence-electron chi connectivity index (χ4n) is 2.52. The highest BCUT2D eigenvalue weighted by molar-refractivity contribution is 5.75. The van der Waals surface area contributed by atoms with Crippen LogP contribution in [0.1, 0.15) is 58.3 Å². The topological polar surface area (TPSA) is 49.3 Å². The van der Waals surface area contributed by atoms with Crippen molar-refractivity contribution < 1.29 is 9.90 Å². The van der Waals surface area contributed by atoms with Crippen molar-refractivity contribution in [2.24, 2.45) is 11.8 Å². The number of carbonyl (C=O) groups is 1. The van der Waals surface area contributed by atoms with Crippen molar-refractivity contribution in [1.82, 2.24) is 5.32 Å². The van der Waals surface area contributed by atoms with Gasteiger partial charge in [0.05, 0.1) is 0 Å². The molecule has 0 aromatic rings. The molecule has 0 aliphatic heterocycles. The number of amides is 1. The Kier molecular flexibility index (Phi) is 7.25. The zero-order valence-electron chi connectivity index (χ0n) is 11.1. The maximum atomic E-state index is 11.4. The summed E-state index contributed by atoms with van der Waals surface area (Å²) in [5, 5.41) is 11.6. The summed E-state index contributed by atoms with van der Waals surface area (Å²) in [6, 6.07) is 0. The highest BCUT2D eigenvalue weighted by Gasteiger charge is 2.17. The van der Waals surface area contributed by atoms with Gasteiger partial charge in [0.2, 0.25) is 5.91 Å². The van der Waals surface area contributed by atoms with Crippen LogP contribution in [-0.4, -0.2) is 24.2 Å². The minimum Gasteiger partial charge on any atom is -0.396 e. The minimum atomic E-state index is 0.141. The lowest BCUT2D eigenvalue weighted by Crippen LogP contribution is -2.26. The van der Waals surface area contributed by atoms with Gasteiger partial charge in [-0.3, -0.25) is 4.79 Å². The Morgan fingerprint density at radius 3 is 2.59 bits per heavy atom. The summed E-state index contributed by atoms with van der Waals surface area (Å²) in [7, 11) is 0. The first-order valence-corrected chi connectivity index (χ1v) is 7.10. The van der Waals surface area contributed by atoms with E-state index < -0.39 is 0 Å². The van der Waals surface area contributed by atoms with E-state index in [0.29, 0.717) is 6.42 Å². The molecule has 17 heavy (non-hydrogen) atoms. The van der Waals surface area contributed by atoms with Crippen molar-refractivity contribution in [2.45, 2.75) is 58.3 Å². The third kappa shape index (κ3) is 6.67. The Hall–Kier alpha value is -0.570. The fourth-order valence-corrected chi connectivity index (χ4v) is 2.52. The average Bonchev–Trinajstić information content (AvgIpc) is 2.32. The Balaban J connectivity index is 1.97. The molecule has 1 amide bonds. The SMILES string of the molecule is CC1CCC(CCNC(=O)CCCCO)CC1. The molecular weight excluding hydrogens is 214 g/mol. The standard InChI is InChI=1S/C14H27NO2/c1-12-5-7-13(8-6-12)9-10-15-14(17)4-2-3-11-16/h12-13,16H,2-11H2,1H3,(H,15,17). The molecule has 2 N–H and O–H groups in total. The van der Waals surface area contributed by atoms with Gasteiger partial charge in [-0.1, -0.05) is 32.6 Å². The van der Waals surface area contributed by atoms with Crippen LogP contribution in [0.2, 0.25) is 0 Å². The average molecular weight is 241 g/mol. The first-order chi connectivity index (χ1) is 8.22. The van der Waals surface area contributed by atoms with Crippen molar-refractivity contribution in [1.29, 1.82) is 0 Å². The Morgan fingerprint density at radius 2 is 1.94 bits per heavy atom. The number of aliphatic hydroxyl groups excluding tert-OH is 1. The van der Waals surface area contributed by atoms with E-state index in [9.17, 15) is 4.79 Å². The van der Waals surface area contributed by atoms with E-state index >= 15 is 0 Å². The lowest BCUT2D eigenvalue weighted by Gasteiger charge is -2.26. The first kappa shape index (κ1) is 14.5. The zero-order valence-corrected chi connectivity index (χ0v) is 11.1. The summed E-state index contributed by atoms with van der Waals surface area (Å²) in [5.74, 6) is 1.87. The number of rotatable bonds is 7. The first-order valence-electron chi connectivity index (χ1n) is 7.10. The summed E-state index contributed by atoms with van der Waals surface area (Å²) in [5.41, 5.74) is 0. The molecule has 1 aliphatic rings. The van der Waals surface area contributed by atoms with Crippen LogP contribution in [0, 0.1) is 11.8 Å². The van der Waals surface area contributed by atoms with Crippen LogP contribution in [0.25, 0.3) is 0 Å². The Morgan fingerprint density at radius 1 is 1.24 bits per heavy atom. The van der Waals surface area contributed by atoms with Crippen molar-refractivity contribution in [2.75, 3.05) is 13.2 Å². The number of unbranched alkanes of at least 4 members (excludes halogenated alkanes) is 1. The van der Waals surface area contributed by atoms with Gasteiger partial charge in [-0.25, -0.2) is 0 Å². The second-order valence-electron chi connectivity index (χ2n) is 5.45. The van der Waals surface area contributed by atoms with Gasteiger partial charge < -0.3 is 10.4 Å². The van der Waals surface area contributed by atoms with Crippen molar-refractivity contribution in [3.8, 4) is 0 Å². The molecule has 0 aromatic heterocycles. The van der Waals surface area contributed by atoms with Gasteiger partial charge in [0.1, 0.15) is 0 Å². The molecule has 0 unspecified atom stereocenters. The maximum Gasteiger partial charge on any atom is 0.219 e. The van der Waals surface area contributed by atoms with E-state index in [2.05, 4.69) is 12.2 Å². The van der Waals surface area contributed by atoms with Gasteiger partial charge in [0.15, 0.2) is 0 Å². The summed E-state index contributed by atoms with van der Waals surface area (Å²) in [4.78, 5) is 11.4. The normalized spacial score (nSPS) is 24.6. The number of nitrogens with one attached hydrogen (secondary N) is 1. The molecule has 0 saturated heterocycles. The van der Waals surface area contributed by atoms with Gasteiger partial charge in [-0.05, 0) is 31.1 Å². The van der Waals surface area contributed by atoms with Crippen LogP contribution in [0.5, 0.6) is 0 Å². The molecule has 1 aliphatic carbocycles. The van der Waals surface area contributed by atoms with Gasteiger partial charge in [-0.15, -0.1) is 0 Å². The molecule has 3 heteroatoms. The molecule has 0 spiro atoms. The Labute approximate surface area is 105 Å². The van der Waals surface area contributed by atoms with Gasteiger partial charge in [0.25, 0.3) is 0 Å². The van der Waals surface area contributed by atoms with E-state index in [1.165, 1.54) is 25.7 Å². The van der Waals surface area contributed by atoms with Gasteiger partial charge >= 0.3 is 0 Å². The number of hydrogen-bond donors (Lipinski definition) is 2. The number of aliphatic hydroxyl groups is 1.